The van der Waals surface area contributed by atoms with Crippen molar-refractivity contribution in [2.75, 3.05) is 12.0 Å². The predicted molar refractivity (Wildman–Crippen MR) is 84.5 cm³/mol. The van der Waals surface area contributed by atoms with Crippen molar-refractivity contribution in [3.05, 3.63) is 29.3 Å². The summed E-state index contributed by atoms with van der Waals surface area (Å²) in [7, 11) is -3.52. The maximum Gasteiger partial charge on any atom is 0.240 e. The maximum atomic E-state index is 12.3. The summed E-state index contributed by atoms with van der Waals surface area (Å²) in [6, 6.07) is 4.83. The van der Waals surface area contributed by atoms with Crippen LogP contribution in [0.15, 0.2) is 23.1 Å². The zero-order valence-electron chi connectivity index (χ0n) is 12.2. The molecule has 0 saturated heterocycles. The number of hydrogen-bond donors (Lipinski definition) is 2. The number of sulfonamides is 1. The van der Waals surface area contributed by atoms with Gasteiger partial charge in [0.2, 0.25) is 10.0 Å². The lowest BCUT2D eigenvalue weighted by molar-refractivity contribution is 0.280. The predicted octanol–water partition coefficient (Wildman–Crippen LogP) is 2.16. The largest absolute Gasteiger partial charge is 0.392 e. The Balaban J connectivity index is 2.92. The van der Waals surface area contributed by atoms with Crippen LogP contribution in [0.1, 0.15) is 31.4 Å². The van der Waals surface area contributed by atoms with E-state index < -0.39 is 10.0 Å². The summed E-state index contributed by atoms with van der Waals surface area (Å²) in [5.41, 5.74) is 1.65. The summed E-state index contributed by atoms with van der Waals surface area (Å²) in [4.78, 5) is 0.217. The summed E-state index contributed by atoms with van der Waals surface area (Å²) >= 11 is 1.69. The second-order valence-electron chi connectivity index (χ2n) is 4.75. The van der Waals surface area contributed by atoms with Crippen LogP contribution >= 0.6 is 11.8 Å². The molecule has 0 bridgehead atoms. The van der Waals surface area contributed by atoms with Gasteiger partial charge in [0.25, 0.3) is 0 Å². The van der Waals surface area contributed by atoms with Gasteiger partial charge in [-0.1, -0.05) is 13.0 Å². The molecule has 20 heavy (non-hydrogen) atoms. The summed E-state index contributed by atoms with van der Waals surface area (Å²) in [6.45, 7) is 3.70. The first-order valence-corrected chi connectivity index (χ1v) is 9.56. The van der Waals surface area contributed by atoms with E-state index in [0.717, 1.165) is 24.2 Å². The lowest BCUT2D eigenvalue weighted by atomic mass is 10.1. The van der Waals surface area contributed by atoms with E-state index in [1.54, 1.807) is 30.0 Å². The summed E-state index contributed by atoms with van der Waals surface area (Å²) in [5, 5.41) is 9.32. The van der Waals surface area contributed by atoms with Gasteiger partial charge in [-0.05, 0) is 55.0 Å². The van der Waals surface area contributed by atoms with Crippen LogP contribution in [0, 0.1) is 0 Å². The Morgan fingerprint density at radius 1 is 1.35 bits per heavy atom. The van der Waals surface area contributed by atoms with Crippen LogP contribution in [0.3, 0.4) is 0 Å². The Hall–Kier alpha value is -0.560. The van der Waals surface area contributed by atoms with Crippen LogP contribution in [0.2, 0.25) is 0 Å². The molecule has 4 nitrogen and oxygen atoms in total. The minimum absolute atomic E-state index is 0.101. The molecule has 0 heterocycles. The standard InChI is InChI=1S/C14H23NO3S2/c1-4-12-5-6-14(9-13(12)10-16)20(17,18)15-11(2)7-8-19-3/h5-6,9,11,15-16H,4,7-8,10H2,1-3H3. The molecule has 0 aliphatic carbocycles. The number of rotatable bonds is 8. The summed E-state index contributed by atoms with van der Waals surface area (Å²) in [5.74, 6) is 0.917. The maximum absolute atomic E-state index is 12.3. The van der Waals surface area contributed by atoms with Crippen LogP contribution in [0.5, 0.6) is 0 Å². The molecule has 0 radical (unpaired) electrons. The van der Waals surface area contributed by atoms with E-state index >= 15 is 0 Å². The Morgan fingerprint density at radius 2 is 2.05 bits per heavy atom. The third-order valence-electron chi connectivity index (χ3n) is 3.15. The number of benzene rings is 1. The third-order valence-corrected chi connectivity index (χ3v) is 5.38. The molecule has 0 aromatic heterocycles. The smallest absolute Gasteiger partial charge is 0.240 e. The number of aliphatic hydroxyl groups excluding tert-OH is 1. The van der Waals surface area contributed by atoms with Gasteiger partial charge in [0.1, 0.15) is 0 Å². The molecule has 6 heteroatoms. The molecule has 1 atom stereocenters. The van der Waals surface area contributed by atoms with Crippen molar-refractivity contribution in [1.82, 2.24) is 4.72 Å². The fourth-order valence-corrected chi connectivity index (χ4v) is 3.87. The minimum atomic E-state index is -3.52. The van der Waals surface area contributed by atoms with Crippen LogP contribution in [-0.2, 0) is 23.1 Å². The normalized spacial score (nSPS) is 13.4. The quantitative estimate of drug-likeness (QED) is 0.771. The van der Waals surface area contributed by atoms with Crippen LogP contribution in [0.25, 0.3) is 0 Å². The van der Waals surface area contributed by atoms with E-state index in [1.807, 2.05) is 20.1 Å². The molecule has 0 aliphatic rings. The van der Waals surface area contributed by atoms with E-state index in [1.165, 1.54) is 0 Å². The van der Waals surface area contributed by atoms with Gasteiger partial charge in [0.15, 0.2) is 0 Å². The average molecular weight is 317 g/mol. The third kappa shape index (κ3) is 4.77. The average Bonchev–Trinajstić information content (AvgIpc) is 2.43. The van der Waals surface area contributed by atoms with Gasteiger partial charge in [-0.15, -0.1) is 0 Å². The Kier molecular flexibility index (Phi) is 7.02. The lowest BCUT2D eigenvalue weighted by Gasteiger charge is -2.15. The molecule has 1 aromatic carbocycles. The highest BCUT2D eigenvalue weighted by Gasteiger charge is 2.18. The first-order chi connectivity index (χ1) is 9.44. The van der Waals surface area contributed by atoms with Gasteiger partial charge < -0.3 is 5.11 Å². The molecular weight excluding hydrogens is 294 g/mol. The van der Waals surface area contributed by atoms with Gasteiger partial charge in [-0.25, -0.2) is 13.1 Å². The highest BCUT2D eigenvalue weighted by Crippen LogP contribution is 2.17. The van der Waals surface area contributed by atoms with Gasteiger partial charge >= 0.3 is 0 Å². The van der Waals surface area contributed by atoms with Crippen molar-refractivity contribution in [2.45, 2.75) is 44.2 Å². The monoisotopic (exact) mass is 317 g/mol. The molecule has 2 N–H and O–H groups in total. The van der Waals surface area contributed by atoms with E-state index in [-0.39, 0.29) is 17.5 Å². The van der Waals surface area contributed by atoms with Gasteiger partial charge in [-0.3, -0.25) is 0 Å². The molecule has 0 spiro atoms. The summed E-state index contributed by atoms with van der Waals surface area (Å²) < 4.78 is 27.2. The lowest BCUT2D eigenvalue weighted by Crippen LogP contribution is -2.33. The molecule has 114 valence electrons. The summed E-state index contributed by atoms with van der Waals surface area (Å²) in [6.07, 6.45) is 3.56. The van der Waals surface area contributed by atoms with Crippen molar-refractivity contribution in [3.8, 4) is 0 Å². The second-order valence-corrected chi connectivity index (χ2v) is 7.45. The van der Waals surface area contributed by atoms with Crippen molar-refractivity contribution >= 4 is 21.8 Å². The van der Waals surface area contributed by atoms with Crippen LogP contribution in [-0.4, -0.2) is 31.6 Å². The van der Waals surface area contributed by atoms with E-state index in [0.29, 0.717) is 5.56 Å². The van der Waals surface area contributed by atoms with Crippen LogP contribution in [0.4, 0.5) is 0 Å². The Morgan fingerprint density at radius 3 is 2.60 bits per heavy atom. The topological polar surface area (TPSA) is 66.4 Å². The van der Waals surface area contributed by atoms with Crippen molar-refractivity contribution in [2.24, 2.45) is 0 Å². The molecular formula is C14H23NO3S2. The SMILES string of the molecule is CCc1ccc(S(=O)(=O)NC(C)CCSC)cc1CO. The van der Waals surface area contributed by atoms with Crippen molar-refractivity contribution in [3.63, 3.8) is 0 Å². The molecule has 1 rings (SSSR count). The fourth-order valence-electron chi connectivity index (χ4n) is 1.95. The number of nitrogens with one attached hydrogen (secondary N) is 1. The highest BCUT2D eigenvalue weighted by atomic mass is 32.2. The fraction of sp³-hybridized carbons (Fsp3) is 0.571. The molecule has 0 fully saturated rings. The van der Waals surface area contributed by atoms with Gasteiger partial charge in [0, 0.05) is 6.04 Å². The molecule has 1 aromatic rings. The van der Waals surface area contributed by atoms with E-state index in [9.17, 15) is 13.5 Å². The minimum Gasteiger partial charge on any atom is -0.392 e. The molecule has 0 saturated carbocycles. The first-order valence-electron chi connectivity index (χ1n) is 6.68. The van der Waals surface area contributed by atoms with Gasteiger partial charge in [-0.2, -0.15) is 11.8 Å². The Labute approximate surface area is 126 Å². The zero-order chi connectivity index (χ0) is 15.2. The van der Waals surface area contributed by atoms with E-state index in [2.05, 4.69) is 4.72 Å². The van der Waals surface area contributed by atoms with Crippen molar-refractivity contribution in [1.29, 1.82) is 0 Å². The number of aryl methyl sites for hydroxylation is 1. The first kappa shape index (κ1) is 17.5. The zero-order valence-corrected chi connectivity index (χ0v) is 13.9. The molecule has 0 aliphatic heterocycles. The number of aliphatic hydroxyl groups is 1. The van der Waals surface area contributed by atoms with Gasteiger partial charge in [0.05, 0.1) is 11.5 Å². The van der Waals surface area contributed by atoms with E-state index in [4.69, 9.17) is 0 Å². The second kappa shape index (κ2) is 8.02. The highest BCUT2D eigenvalue weighted by molar-refractivity contribution is 7.98. The number of thioether (sulfide) groups is 1. The molecule has 0 amide bonds. The molecule has 1 unspecified atom stereocenters. The van der Waals surface area contributed by atoms with Crippen molar-refractivity contribution < 1.29 is 13.5 Å². The Bertz CT molecular complexity index is 529. The number of hydrogen-bond acceptors (Lipinski definition) is 4. The van der Waals surface area contributed by atoms with Crippen LogP contribution < -0.4 is 4.72 Å².